The summed E-state index contributed by atoms with van der Waals surface area (Å²) in [6.07, 6.45) is 2.09. The van der Waals surface area contributed by atoms with Crippen LogP contribution >= 0.6 is 0 Å². The Labute approximate surface area is 153 Å². The monoisotopic (exact) mass is 349 g/mol. The highest BCUT2D eigenvalue weighted by Crippen LogP contribution is 2.14. The maximum absolute atomic E-state index is 12.4. The fourth-order valence-corrected chi connectivity index (χ4v) is 2.60. The number of nitrogens with zero attached hydrogens (tertiary/aromatic N) is 2. The Kier molecular flexibility index (Phi) is 5.69. The van der Waals surface area contributed by atoms with Crippen LogP contribution in [0, 0.1) is 0 Å². The third kappa shape index (κ3) is 4.51. The molecule has 0 fully saturated rings. The fourth-order valence-electron chi connectivity index (χ4n) is 2.60. The first-order valence-corrected chi connectivity index (χ1v) is 8.78. The van der Waals surface area contributed by atoms with E-state index in [-0.39, 0.29) is 5.91 Å². The van der Waals surface area contributed by atoms with E-state index in [1.807, 2.05) is 30.3 Å². The number of aromatic nitrogens is 2. The molecular weight excluding hydrogens is 326 g/mol. The van der Waals surface area contributed by atoms with Crippen molar-refractivity contribution in [3.05, 3.63) is 78.0 Å². The molecule has 0 aliphatic rings. The van der Waals surface area contributed by atoms with Gasteiger partial charge in [0.2, 0.25) is 0 Å². The zero-order chi connectivity index (χ0) is 18.4. The van der Waals surface area contributed by atoms with Gasteiger partial charge in [-0.2, -0.15) is 5.10 Å². The number of aryl methyl sites for hydroxylation is 1. The second-order valence-corrected chi connectivity index (χ2v) is 6.11. The molecule has 2 aromatic carbocycles. The van der Waals surface area contributed by atoms with Crippen LogP contribution in [-0.2, 0) is 17.8 Å². The maximum Gasteiger partial charge on any atom is 0.266 e. The van der Waals surface area contributed by atoms with Crippen LogP contribution in [-0.4, -0.2) is 21.8 Å². The summed E-state index contributed by atoms with van der Waals surface area (Å²) in [6.45, 7) is 4.46. The number of rotatable bonds is 7. The molecule has 1 amide bonds. The molecule has 0 aliphatic carbocycles. The van der Waals surface area contributed by atoms with Crippen LogP contribution in [0.3, 0.4) is 0 Å². The van der Waals surface area contributed by atoms with Crippen LogP contribution in [0.15, 0.2) is 66.9 Å². The molecule has 0 aliphatic heterocycles. The summed E-state index contributed by atoms with van der Waals surface area (Å²) >= 11 is 0. The summed E-state index contributed by atoms with van der Waals surface area (Å²) in [4.78, 5) is 12.4. The van der Waals surface area contributed by atoms with Gasteiger partial charge >= 0.3 is 0 Å². The van der Waals surface area contributed by atoms with Gasteiger partial charge in [-0.05, 0) is 36.6 Å². The predicted molar refractivity (Wildman–Crippen MR) is 102 cm³/mol. The number of carbonyl (C=O) groups is 1. The van der Waals surface area contributed by atoms with Gasteiger partial charge in [0.05, 0.1) is 12.7 Å². The molecule has 0 bridgehead atoms. The smallest absolute Gasteiger partial charge is 0.266 e. The van der Waals surface area contributed by atoms with Crippen molar-refractivity contribution < 1.29 is 9.53 Å². The molecule has 0 saturated carbocycles. The van der Waals surface area contributed by atoms with Crippen molar-refractivity contribution in [2.45, 2.75) is 32.9 Å². The lowest BCUT2D eigenvalue weighted by molar-refractivity contribution is -0.122. The molecule has 1 heterocycles. The van der Waals surface area contributed by atoms with Crippen molar-refractivity contribution in [1.29, 1.82) is 0 Å². The van der Waals surface area contributed by atoms with E-state index in [1.54, 1.807) is 23.9 Å². The van der Waals surface area contributed by atoms with Gasteiger partial charge < -0.3 is 10.1 Å². The molecule has 3 aromatic rings. The molecule has 134 valence electrons. The zero-order valence-corrected chi connectivity index (χ0v) is 15.1. The van der Waals surface area contributed by atoms with Crippen LogP contribution in [0.25, 0.3) is 0 Å². The van der Waals surface area contributed by atoms with Crippen molar-refractivity contribution in [3.8, 4) is 5.75 Å². The highest BCUT2D eigenvalue weighted by molar-refractivity contribution is 5.93. The average molecular weight is 349 g/mol. The second-order valence-electron chi connectivity index (χ2n) is 6.11. The van der Waals surface area contributed by atoms with Gasteiger partial charge in [0.1, 0.15) is 11.6 Å². The van der Waals surface area contributed by atoms with Gasteiger partial charge in [0, 0.05) is 6.07 Å². The molecule has 3 rings (SSSR count). The molecule has 0 saturated heterocycles. The number of para-hydroxylation sites is 1. The minimum absolute atomic E-state index is 0.211. The van der Waals surface area contributed by atoms with Crippen LogP contribution in [0.1, 0.15) is 25.0 Å². The highest BCUT2D eigenvalue weighted by Gasteiger charge is 2.16. The molecule has 5 nitrogen and oxygen atoms in total. The Hall–Kier alpha value is -3.08. The number of benzene rings is 2. The van der Waals surface area contributed by atoms with Crippen LogP contribution in [0.5, 0.6) is 5.75 Å². The minimum atomic E-state index is -0.607. The summed E-state index contributed by atoms with van der Waals surface area (Å²) in [5, 5.41) is 7.20. The largest absolute Gasteiger partial charge is 0.481 e. The SMILES string of the molecule is CCc1ccc(Cn2nccc2NC(=O)C(C)Oc2ccccc2)cc1. The number of hydrogen-bond acceptors (Lipinski definition) is 3. The van der Waals surface area contributed by atoms with Crippen molar-refractivity contribution in [2.24, 2.45) is 0 Å². The van der Waals surface area contributed by atoms with Crippen LogP contribution in [0.4, 0.5) is 5.82 Å². The first-order chi connectivity index (χ1) is 12.7. The molecular formula is C21H23N3O2. The Morgan fingerprint density at radius 1 is 1.08 bits per heavy atom. The lowest BCUT2D eigenvalue weighted by atomic mass is 10.1. The number of carbonyl (C=O) groups excluding carboxylic acids is 1. The quantitative estimate of drug-likeness (QED) is 0.704. The lowest BCUT2D eigenvalue weighted by Crippen LogP contribution is -2.31. The number of anilines is 1. The van der Waals surface area contributed by atoms with Gasteiger partial charge in [-0.3, -0.25) is 4.79 Å². The predicted octanol–water partition coefficient (Wildman–Crippen LogP) is 3.90. The molecule has 5 heteroatoms. The summed E-state index contributed by atoms with van der Waals surface area (Å²) in [6, 6.07) is 19.5. The average Bonchev–Trinajstić information content (AvgIpc) is 3.09. The Morgan fingerprint density at radius 3 is 2.46 bits per heavy atom. The summed E-state index contributed by atoms with van der Waals surface area (Å²) in [5.41, 5.74) is 2.43. The number of hydrogen-bond donors (Lipinski definition) is 1. The molecule has 26 heavy (non-hydrogen) atoms. The molecule has 1 aromatic heterocycles. The third-order valence-electron chi connectivity index (χ3n) is 4.16. The third-order valence-corrected chi connectivity index (χ3v) is 4.16. The Morgan fingerprint density at radius 2 is 1.77 bits per heavy atom. The van der Waals surface area contributed by atoms with E-state index in [0.717, 1.165) is 12.0 Å². The summed E-state index contributed by atoms with van der Waals surface area (Å²) < 4.78 is 7.44. The van der Waals surface area contributed by atoms with Gasteiger partial charge in [0.25, 0.3) is 5.91 Å². The first kappa shape index (κ1) is 17.7. The summed E-state index contributed by atoms with van der Waals surface area (Å²) in [5.74, 6) is 1.11. The van der Waals surface area contributed by atoms with Crippen molar-refractivity contribution in [2.75, 3.05) is 5.32 Å². The van der Waals surface area contributed by atoms with E-state index in [0.29, 0.717) is 18.1 Å². The zero-order valence-electron chi connectivity index (χ0n) is 15.1. The standard InChI is InChI=1S/C21H23N3O2/c1-3-17-9-11-18(12-10-17)15-24-20(13-14-22-24)23-21(25)16(2)26-19-7-5-4-6-8-19/h4-14,16H,3,15H2,1-2H3,(H,23,25). The van der Waals surface area contributed by atoms with Crippen molar-refractivity contribution in [1.82, 2.24) is 9.78 Å². The van der Waals surface area contributed by atoms with E-state index in [4.69, 9.17) is 4.74 Å². The van der Waals surface area contributed by atoms with Gasteiger partial charge in [0.15, 0.2) is 6.10 Å². The van der Waals surface area contributed by atoms with Crippen LogP contribution in [0.2, 0.25) is 0 Å². The number of amides is 1. The first-order valence-electron chi connectivity index (χ1n) is 8.78. The topological polar surface area (TPSA) is 56.2 Å². The van der Waals surface area contributed by atoms with Crippen molar-refractivity contribution in [3.63, 3.8) is 0 Å². The van der Waals surface area contributed by atoms with E-state index < -0.39 is 6.10 Å². The van der Waals surface area contributed by atoms with Gasteiger partial charge in [-0.1, -0.05) is 49.4 Å². The van der Waals surface area contributed by atoms with E-state index in [2.05, 4.69) is 41.6 Å². The van der Waals surface area contributed by atoms with E-state index in [9.17, 15) is 4.79 Å². The Bertz CT molecular complexity index is 841. The maximum atomic E-state index is 12.4. The van der Waals surface area contributed by atoms with Gasteiger partial charge in [-0.15, -0.1) is 0 Å². The number of ether oxygens (including phenoxy) is 1. The molecule has 1 atom stereocenters. The van der Waals surface area contributed by atoms with E-state index >= 15 is 0 Å². The Balaban J connectivity index is 1.63. The molecule has 1 unspecified atom stereocenters. The minimum Gasteiger partial charge on any atom is -0.481 e. The lowest BCUT2D eigenvalue weighted by Gasteiger charge is -2.15. The van der Waals surface area contributed by atoms with Gasteiger partial charge in [-0.25, -0.2) is 4.68 Å². The summed E-state index contributed by atoms with van der Waals surface area (Å²) in [7, 11) is 0. The second kappa shape index (κ2) is 8.34. The van der Waals surface area contributed by atoms with Crippen molar-refractivity contribution >= 4 is 11.7 Å². The molecule has 0 radical (unpaired) electrons. The normalized spacial score (nSPS) is 11.8. The van der Waals surface area contributed by atoms with Crippen LogP contribution < -0.4 is 10.1 Å². The van der Waals surface area contributed by atoms with E-state index in [1.165, 1.54) is 5.56 Å². The number of nitrogens with one attached hydrogen (secondary N) is 1. The molecule has 1 N–H and O–H groups in total. The fraction of sp³-hybridized carbons (Fsp3) is 0.238. The highest BCUT2D eigenvalue weighted by atomic mass is 16.5. The molecule has 0 spiro atoms.